The van der Waals surface area contributed by atoms with Crippen LogP contribution in [0, 0.1) is 11.8 Å². The number of nitrogens with zero attached hydrogens (tertiary/aromatic N) is 2. The van der Waals surface area contributed by atoms with Crippen molar-refractivity contribution in [3.63, 3.8) is 0 Å². The maximum Gasteiger partial charge on any atom is 0.271 e. The fourth-order valence-electron chi connectivity index (χ4n) is 7.18. The van der Waals surface area contributed by atoms with Gasteiger partial charge < -0.3 is 9.47 Å². The number of rotatable bonds is 4. The van der Waals surface area contributed by atoms with Gasteiger partial charge in [-0.25, -0.2) is 10.3 Å². The molecule has 200 valence electrons. The average molecular weight is 542 g/mol. The van der Waals surface area contributed by atoms with Crippen LogP contribution in [0.15, 0.2) is 102 Å². The van der Waals surface area contributed by atoms with E-state index in [1.165, 1.54) is 4.90 Å². The quantitative estimate of drug-likeness (QED) is 0.235. The second-order valence-corrected chi connectivity index (χ2v) is 10.6. The highest BCUT2D eigenvalue weighted by Gasteiger charge is 2.68. The van der Waals surface area contributed by atoms with Crippen LogP contribution in [0.3, 0.4) is 0 Å². The molecule has 41 heavy (non-hydrogen) atoms. The Kier molecular flexibility index (Phi) is 4.97. The molecular formula is C33H23N3O5. The number of nitrogens with one attached hydrogen (secondary N) is 1. The third-order valence-electron chi connectivity index (χ3n) is 8.77. The summed E-state index contributed by atoms with van der Waals surface area (Å²) in [4.78, 5) is 42.9. The number of benzene rings is 4. The van der Waals surface area contributed by atoms with Gasteiger partial charge in [0.2, 0.25) is 18.6 Å². The van der Waals surface area contributed by atoms with Crippen LogP contribution in [0.25, 0.3) is 0 Å². The molecule has 0 aromatic heterocycles. The second kappa shape index (κ2) is 8.63. The molecule has 0 spiro atoms. The summed E-state index contributed by atoms with van der Waals surface area (Å²) in [6, 6.07) is 29.8. The fourth-order valence-corrected chi connectivity index (χ4v) is 7.18. The number of imide groups is 1. The van der Waals surface area contributed by atoms with Crippen molar-refractivity contribution in [2.75, 3.05) is 11.7 Å². The minimum Gasteiger partial charge on any atom is -0.454 e. The first-order chi connectivity index (χ1) is 20.1. The molecule has 3 aliphatic carbocycles. The van der Waals surface area contributed by atoms with Crippen LogP contribution in [-0.2, 0) is 15.0 Å². The summed E-state index contributed by atoms with van der Waals surface area (Å²) in [5.41, 5.74) is 6.32. The van der Waals surface area contributed by atoms with Crippen LogP contribution >= 0.6 is 0 Å². The Morgan fingerprint density at radius 3 is 2.22 bits per heavy atom. The van der Waals surface area contributed by atoms with Crippen LogP contribution < -0.4 is 19.8 Å². The molecule has 2 heterocycles. The minimum absolute atomic E-state index is 0.107. The number of para-hydroxylation sites is 1. The van der Waals surface area contributed by atoms with Crippen LogP contribution in [-0.4, -0.2) is 30.7 Å². The van der Waals surface area contributed by atoms with E-state index in [0.717, 1.165) is 22.3 Å². The molecule has 0 radical (unpaired) electrons. The Morgan fingerprint density at radius 1 is 0.829 bits per heavy atom. The number of hydrazone groups is 1. The molecular weight excluding hydrogens is 518 g/mol. The Morgan fingerprint density at radius 2 is 1.49 bits per heavy atom. The Labute approximate surface area is 235 Å². The molecule has 0 saturated carbocycles. The summed E-state index contributed by atoms with van der Waals surface area (Å²) in [5.74, 6) is -1.45. The van der Waals surface area contributed by atoms with Crippen molar-refractivity contribution in [1.82, 2.24) is 5.43 Å². The lowest BCUT2D eigenvalue weighted by molar-refractivity contribution is -0.122. The maximum absolute atomic E-state index is 14.3. The van der Waals surface area contributed by atoms with Crippen molar-refractivity contribution >= 4 is 29.6 Å². The van der Waals surface area contributed by atoms with Crippen molar-refractivity contribution in [3.05, 3.63) is 125 Å². The van der Waals surface area contributed by atoms with E-state index >= 15 is 0 Å². The molecule has 5 aliphatic rings. The zero-order valence-electron chi connectivity index (χ0n) is 21.7. The Hall–Kier alpha value is -5.24. The highest BCUT2D eigenvalue weighted by Crippen LogP contribution is 2.63. The lowest BCUT2D eigenvalue weighted by atomic mass is 9.47. The van der Waals surface area contributed by atoms with E-state index in [1.54, 1.807) is 36.5 Å². The van der Waals surface area contributed by atoms with Gasteiger partial charge in [-0.2, -0.15) is 5.10 Å². The van der Waals surface area contributed by atoms with Crippen LogP contribution in [0.1, 0.15) is 38.5 Å². The van der Waals surface area contributed by atoms with Gasteiger partial charge in [-0.1, -0.05) is 66.7 Å². The van der Waals surface area contributed by atoms with Crippen molar-refractivity contribution in [2.24, 2.45) is 16.9 Å². The highest BCUT2D eigenvalue weighted by molar-refractivity contribution is 6.25. The summed E-state index contributed by atoms with van der Waals surface area (Å²) in [5, 5.41) is 4.47. The first kappa shape index (κ1) is 23.6. The topological polar surface area (TPSA) is 97.3 Å². The SMILES string of the molecule is O=C(N/N=C\C12c3ccccc3C(c3ccccc31)C1C(=O)N(c3ccccc3)C(=O)C12)c1ccc2c(c1)OCO2. The molecule has 2 unspecified atom stereocenters. The van der Waals surface area contributed by atoms with Gasteiger partial charge in [0.1, 0.15) is 0 Å². The monoisotopic (exact) mass is 541 g/mol. The molecule has 4 aromatic carbocycles. The first-order valence-corrected chi connectivity index (χ1v) is 13.5. The Balaban J connectivity index is 1.27. The highest BCUT2D eigenvalue weighted by atomic mass is 16.7. The van der Waals surface area contributed by atoms with E-state index in [1.807, 2.05) is 66.7 Å². The number of anilines is 1. The predicted molar refractivity (Wildman–Crippen MR) is 150 cm³/mol. The van der Waals surface area contributed by atoms with E-state index in [-0.39, 0.29) is 24.5 Å². The molecule has 2 aliphatic heterocycles. The second-order valence-electron chi connectivity index (χ2n) is 10.6. The van der Waals surface area contributed by atoms with E-state index < -0.39 is 23.2 Å². The average Bonchev–Trinajstić information content (AvgIpc) is 3.59. The lowest BCUT2D eigenvalue weighted by Gasteiger charge is -2.52. The van der Waals surface area contributed by atoms with Gasteiger partial charge in [-0.05, 0) is 52.6 Å². The summed E-state index contributed by atoms with van der Waals surface area (Å²) in [7, 11) is 0. The zero-order chi connectivity index (χ0) is 27.7. The molecule has 9 rings (SSSR count). The molecule has 1 saturated heterocycles. The predicted octanol–water partition coefficient (Wildman–Crippen LogP) is 4.38. The van der Waals surface area contributed by atoms with Gasteiger partial charge in [0.15, 0.2) is 11.5 Å². The van der Waals surface area contributed by atoms with E-state index in [9.17, 15) is 14.4 Å². The van der Waals surface area contributed by atoms with Gasteiger partial charge >= 0.3 is 0 Å². The van der Waals surface area contributed by atoms with Gasteiger partial charge in [0, 0.05) is 17.7 Å². The minimum atomic E-state index is -1.06. The molecule has 1 N–H and O–H groups in total. The largest absolute Gasteiger partial charge is 0.454 e. The number of fused-ring (bicyclic) bond motifs is 1. The number of carbonyl (C=O) groups is 3. The summed E-state index contributed by atoms with van der Waals surface area (Å²) < 4.78 is 10.8. The number of hydrogen-bond acceptors (Lipinski definition) is 6. The third kappa shape index (κ3) is 3.15. The maximum atomic E-state index is 14.3. The molecule has 2 bridgehead atoms. The molecule has 8 heteroatoms. The summed E-state index contributed by atoms with van der Waals surface area (Å²) in [6.45, 7) is 0.107. The standard InChI is InChI=1S/C33H23N3O5/c37-30(19-14-15-25-26(16-19)41-18-40-25)35-34-17-33-23-12-6-4-10-21(23)27(22-11-5-7-13-24(22)33)28-29(33)32(39)36(31(28)38)20-8-2-1-3-9-20/h1-17,27-29H,18H2,(H,35,37)/b34-17-. The molecule has 1 fully saturated rings. The number of ether oxygens (including phenoxy) is 2. The van der Waals surface area contributed by atoms with Crippen LogP contribution in [0.5, 0.6) is 11.5 Å². The van der Waals surface area contributed by atoms with E-state index in [2.05, 4.69) is 10.5 Å². The number of carbonyl (C=O) groups excluding carboxylic acids is 3. The molecule has 3 amide bonds. The zero-order valence-corrected chi connectivity index (χ0v) is 21.7. The van der Waals surface area contributed by atoms with Gasteiger partial charge in [0.25, 0.3) is 5.91 Å². The van der Waals surface area contributed by atoms with Crippen molar-refractivity contribution in [3.8, 4) is 11.5 Å². The van der Waals surface area contributed by atoms with Crippen LogP contribution in [0.2, 0.25) is 0 Å². The summed E-state index contributed by atoms with van der Waals surface area (Å²) in [6.07, 6.45) is 1.66. The van der Waals surface area contributed by atoms with E-state index in [0.29, 0.717) is 22.7 Å². The smallest absolute Gasteiger partial charge is 0.271 e. The number of hydrogen-bond donors (Lipinski definition) is 1. The van der Waals surface area contributed by atoms with E-state index in [4.69, 9.17) is 9.47 Å². The van der Waals surface area contributed by atoms with Gasteiger partial charge in [-0.3, -0.25) is 14.4 Å². The molecule has 8 nitrogen and oxygen atoms in total. The van der Waals surface area contributed by atoms with Gasteiger partial charge in [0.05, 0.1) is 22.9 Å². The third-order valence-corrected chi connectivity index (χ3v) is 8.77. The summed E-state index contributed by atoms with van der Waals surface area (Å²) >= 11 is 0. The fraction of sp³-hybridized carbons (Fsp3) is 0.152. The van der Waals surface area contributed by atoms with Gasteiger partial charge in [-0.15, -0.1) is 0 Å². The lowest BCUT2D eigenvalue weighted by Crippen LogP contribution is -2.54. The van der Waals surface area contributed by atoms with Crippen molar-refractivity contribution < 1.29 is 23.9 Å². The number of amides is 3. The molecule has 2 atom stereocenters. The van der Waals surface area contributed by atoms with Crippen LogP contribution in [0.4, 0.5) is 5.69 Å². The first-order valence-electron chi connectivity index (χ1n) is 13.5. The normalized spacial score (nSPS) is 24.8. The van der Waals surface area contributed by atoms with Crippen molar-refractivity contribution in [1.29, 1.82) is 0 Å². The van der Waals surface area contributed by atoms with Crippen molar-refractivity contribution in [2.45, 2.75) is 11.3 Å². The molecule has 4 aromatic rings. The Bertz CT molecular complexity index is 1750.